The summed E-state index contributed by atoms with van der Waals surface area (Å²) < 4.78 is 5.27. The maximum atomic E-state index is 12.5. The van der Waals surface area contributed by atoms with Crippen LogP contribution in [0.4, 0.5) is 5.00 Å². The lowest BCUT2D eigenvalue weighted by molar-refractivity contribution is -0.119. The van der Waals surface area contributed by atoms with E-state index in [4.69, 9.17) is 4.74 Å². The highest BCUT2D eigenvalue weighted by Gasteiger charge is 2.34. The zero-order valence-corrected chi connectivity index (χ0v) is 17.1. The van der Waals surface area contributed by atoms with Gasteiger partial charge in [0.15, 0.2) is 0 Å². The van der Waals surface area contributed by atoms with E-state index >= 15 is 0 Å². The van der Waals surface area contributed by atoms with Gasteiger partial charge in [-0.3, -0.25) is 4.79 Å². The molecule has 1 aliphatic rings. The van der Waals surface area contributed by atoms with Crippen molar-refractivity contribution in [2.75, 3.05) is 11.9 Å². The van der Waals surface area contributed by atoms with E-state index in [1.165, 1.54) is 4.88 Å². The zero-order chi connectivity index (χ0) is 18.8. The molecule has 0 unspecified atom stereocenters. The first-order valence-corrected chi connectivity index (χ1v) is 10.1. The standard InChI is InChI=1S/C20H31NO3S/c1-7-12(3)17(22)21-18-16(19(23)24-8-2)14-10-9-13(20(4,5)6)11-15(14)25-18/h12-13H,7-11H2,1-6H3,(H,21,22)/t12-,13+/m0/s1. The molecule has 0 saturated carbocycles. The summed E-state index contributed by atoms with van der Waals surface area (Å²) in [6.45, 7) is 12.9. The van der Waals surface area contributed by atoms with Crippen molar-refractivity contribution >= 4 is 28.2 Å². The summed E-state index contributed by atoms with van der Waals surface area (Å²) in [6.07, 6.45) is 3.69. The quantitative estimate of drug-likeness (QED) is 0.742. The van der Waals surface area contributed by atoms with Crippen molar-refractivity contribution in [3.8, 4) is 0 Å². The van der Waals surface area contributed by atoms with Crippen LogP contribution < -0.4 is 5.32 Å². The number of hydrogen-bond acceptors (Lipinski definition) is 4. The lowest BCUT2D eigenvalue weighted by atomic mass is 9.72. The molecule has 140 valence electrons. The molecule has 1 aromatic rings. The number of esters is 1. The normalized spacial score (nSPS) is 18.4. The molecule has 0 bridgehead atoms. The molecular formula is C20H31NO3S. The Morgan fingerprint density at radius 3 is 2.56 bits per heavy atom. The van der Waals surface area contributed by atoms with Crippen LogP contribution in [0, 0.1) is 17.3 Å². The van der Waals surface area contributed by atoms with E-state index < -0.39 is 0 Å². The molecule has 2 rings (SSSR count). The van der Waals surface area contributed by atoms with Crippen LogP contribution in [-0.4, -0.2) is 18.5 Å². The molecule has 0 spiro atoms. The molecule has 25 heavy (non-hydrogen) atoms. The van der Waals surface area contributed by atoms with Gasteiger partial charge in [-0.15, -0.1) is 11.3 Å². The molecule has 1 heterocycles. The Bertz CT molecular complexity index is 642. The van der Waals surface area contributed by atoms with E-state index in [-0.39, 0.29) is 23.2 Å². The summed E-state index contributed by atoms with van der Waals surface area (Å²) in [5.41, 5.74) is 1.92. The van der Waals surface area contributed by atoms with Crippen molar-refractivity contribution in [3.05, 3.63) is 16.0 Å². The Labute approximate surface area is 155 Å². The first kappa shape index (κ1) is 20.0. The van der Waals surface area contributed by atoms with Crippen molar-refractivity contribution in [1.29, 1.82) is 0 Å². The summed E-state index contributed by atoms with van der Waals surface area (Å²) in [5.74, 6) is 0.177. The second-order valence-corrected chi connectivity index (χ2v) is 9.14. The molecule has 5 heteroatoms. The maximum absolute atomic E-state index is 12.5. The first-order chi connectivity index (χ1) is 11.7. The largest absolute Gasteiger partial charge is 0.462 e. The van der Waals surface area contributed by atoms with Gasteiger partial charge in [-0.05, 0) is 49.5 Å². The van der Waals surface area contributed by atoms with Gasteiger partial charge in [-0.25, -0.2) is 4.79 Å². The summed E-state index contributed by atoms with van der Waals surface area (Å²) in [6, 6.07) is 0. The van der Waals surface area contributed by atoms with E-state index in [1.807, 2.05) is 20.8 Å². The van der Waals surface area contributed by atoms with Crippen LogP contribution in [0.3, 0.4) is 0 Å². The third-order valence-electron chi connectivity index (χ3n) is 5.27. The van der Waals surface area contributed by atoms with Gasteiger partial charge < -0.3 is 10.1 Å². The topological polar surface area (TPSA) is 55.4 Å². The molecule has 4 nitrogen and oxygen atoms in total. The zero-order valence-electron chi connectivity index (χ0n) is 16.3. The molecule has 0 fully saturated rings. The SMILES string of the molecule is CCOC(=O)c1c(NC(=O)[C@@H](C)CC)sc2c1CC[C@@H](C(C)(C)C)C2. The molecule has 0 aliphatic heterocycles. The minimum absolute atomic E-state index is 0.0287. The molecule has 1 aromatic heterocycles. The number of hydrogen-bond donors (Lipinski definition) is 1. The fourth-order valence-electron chi connectivity index (χ4n) is 3.25. The molecule has 1 N–H and O–H groups in total. The second-order valence-electron chi connectivity index (χ2n) is 8.03. The van der Waals surface area contributed by atoms with E-state index in [0.717, 1.165) is 31.2 Å². The fourth-order valence-corrected chi connectivity index (χ4v) is 4.57. The Morgan fingerprint density at radius 2 is 2.00 bits per heavy atom. The third-order valence-corrected chi connectivity index (χ3v) is 6.44. The number of carbonyl (C=O) groups excluding carboxylic acids is 2. The van der Waals surface area contributed by atoms with Crippen LogP contribution >= 0.6 is 11.3 Å². The van der Waals surface area contributed by atoms with Crippen LogP contribution in [0.15, 0.2) is 0 Å². The van der Waals surface area contributed by atoms with Crippen LogP contribution in [0.1, 0.15) is 75.2 Å². The van der Waals surface area contributed by atoms with Gasteiger partial charge in [0.05, 0.1) is 12.2 Å². The highest BCUT2D eigenvalue weighted by molar-refractivity contribution is 7.17. The van der Waals surface area contributed by atoms with Gasteiger partial charge in [0.1, 0.15) is 5.00 Å². The van der Waals surface area contributed by atoms with Crippen LogP contribution in [0.2, 0.25) is 0 Å². The molecule has 1 aliphatic carbocycles. The number of carbonyl (C=O) groups is 2. The smallest absolute Gasteiger partial charge is 0.341 e. The van der Waals surface area contributed by atoms with Crippen molar-refractivity contribution in [2.45, 2.75) is 67.2 Å². The Kier molecular flexibility index (Phi) is 6.30. The van der Waals surface area contributed by atoms with E-state index in [1.54, 1.807) is 11.3 Å². The highest BCUT2D eigenvalue weighted by Crippen LogP contribution is 2.44. The average Bonchev–Trinajstić information content (AvgIpc) is 2.90. The van der Waals surface area contributed by atoms with Gasteiger partial charge in [0, 0.05) is 10.8 Å². The highest BCUT2D eigenvalue weighted by atomic mass is 32.1. The fraction of sp³-hybridized carbons (Fsp3) is 0.700. The monoisotopic (exact) mass is 365 g/mol. The number of rotatable bonds is 5. The number of amides is 1. The minimum atomic E-state index is -0.311. The summed E-state index contributed by atoms with van der Waals surface area (Å²) in [4.78, 5) is 26.1. The van der Waals surface area contributed by atoms with E-state index in [9.17, 15) is 9.59 Å². The maximum Gasteiger partial charge on any atom is 0.341 e. The first-order valence-electron chi connectivity index (χ1n) is 9.31. The summed E-state index contributed by atoms with van der Waals surface area (Å²) in [7, 11) is 0. The van der Waals surface area contributed by atoms with Gasteiger partial charge >= 0.3 is 5.97 Å². The predicted octanol–water partition coefficient (Wildman–Crippen LogP) is 5.06. The van der Waals surface area contributed by atoms with Crippen molar-refractivity contribution in [3.63, 3.8) is 0 Å². The van der Waals surface area contributed by atoms with Crippen molar-refractivity contribution in [2.24, 2.45) is 17.3 Å². The molecule has 1 amide bonds. The Hall–Kier alpha value is -1.36. The lowest BCUT2D eigenvalue weighted by Gasteiger charge is -2.33. The third kappa shape index (κ3) is 4.43. The van der Waals surface area contributed by atoms with E-state index in [2.05, 4.69) is 26.1 Å². The van der Waals surface area contributed by atoms with Gasteiger partial charge in [0.25, 0.3) is 0 Å². The van der Waals surface area contributed by atoms with Crippen LogP contribution in [0.5, 0.6) is 0 Å². The number of nitrogens with one attached hydrogen (secondary N) is 1. The Morgan fingerprint density at radius 1 is 1.32 bits per heavy atom. The molecule has 0 saturated heterocycles. The lowest BCUT2D eigenvalue weighted by Crippen LogP contribution is -2.26. The number of fused-ring (bicyclic) bond motifs is 1. The van der Waals surface area contributed by atoms with Gasteiger partial charge in [0.2, 0.25) is 5.91 Å². The number of ether oxygens (including phenoxy) is 1. The van der Waals surface area contributed by atoms with Crippen molar-refractivity contribution in [1.82, 2.24) is 0 Å². The molecule has 2 atom stereocenters. The average molecular weight is 366 g/mol. The van der Waals surface area contributed by atoms with E-state index in [0.29, 0.717) is 23.1 Å². The molecule has 0 radical (unpaired) electrons. The van der Waals surface area contributed by atoms with Gasteiger partial charge in [-0.2, -0.15) is 0 Å². The minimum Gasteiger partial charge on any atom is -0.462 e. The van der Waals surface area contributed by atoms with Crippen molar-refractivity contribution < 1.29 is 14.3 Å². The second kappa shape index (κ2) is 7.90. The molecule has 0 aromatic carbocycles. The predicted molar refractivity (Wildman–Crippen MR) is 103 cm³/mol. The van der Waals surface area contributed by atoms with Crippen LogP contribution in [0.25, 0.3) is 0 Å². The summed E-state index contributed by atoms with van der Waals surface area (Å²) >= 11 is 1.56. The summed E-state index contributed by atoms with van der Waals surface area (Å²) in [5, 5.41) is 3.66. The van der Waals surface area contributed by atoms with Gasteiger partial charge in [-0.1, -0.05) is 34.6 Å². The molecular weight excluding hydrogens is 334 g/mol. The Balaban J connectivity index is 2.37. The number of thiophene rings is 1. The number of anilines is 1. The van der Waals surface area contributed by atoms with Crippen LogP contribution in [-0.2, 0) is 22.4 Å².